The van der Waals surface area contributed by atoms with Gasteiger partial charge in [-0.15, -0.1) is 0 Å². The molecule has 2 aromatic rings. The third-order valence-electron chi connectivity index (χ3n) is 2.31. The summed E-state index contributed by atoms with van der Waals surface area (Å²) < 4.78 is 7.14. The topological polar surface area (TPSA) is 39.1 Å². The fraction of sp³-hybridized carbons (Fsp3) is 0.300. The molecule has 0 aliphatic carbocycles. The van der Waals surface area contributed by atoms with Crippen LogP contribution in [0.25, 0.3) is 11.0 Å². The number of imidazole rings is 1. The Morgan fingerprint density at radius 1 is 1.43 bits per heavy atom. The van der Waals surface area contributed by atoms with E-state index >= 15 is 0 Å². The van der Waals surface area contributed by atoms with E-state index in [9.17, 15) is 0 Å². The van der Waals surface area contributed by atoms with Gasteiger partial charge in [0.1, 0.15) is 5.75 Å². The molecule has 0 bridgehead atoms. The molecule has 1 aromatic carbocycles. The molecular weight excluding hydrogens is 178 g/mol. The lowest BCUT2D eigenvalue weighted by molar-refractivity contribution is 0.415. The summed E-state index contributed by atoms with van der Waals surface area (Å²) in [6.07, 6.45) is 0. The van der Waals surface area contributed by atoms with Crippen LogP contribution in [0.2, 0.25) is 0 Å². The molecule has 1 N–H and O–H groups in total. The van der Waals surface area contributed by atoms with E-state index in [1.807, 2.05) is 36.9 Å². The van der Waals surface area contributed by atoms with Crippen molar-refractivity contribution in [1.29, 1.82) is 0 Å². The summed E-state index contributed by atoms with van der Waals surface area (Å²) in [6, 6.07) is 5.86. The van der Waals surface area contributed by atoms with Gasteiger partial charge in [0.25, 0.3) is 0 Å². The number of anilines is 1. The SMILES string of the molecule is CNc1nc2cc(OC)ccc2n1C. The number of aryl methyl sites for hydroxylation is 1. The van der Waals surface area contributed by atoms with Crippen LogP contribution in [-0.4, -0.2) is 23.7 Å². The highest BCUT2D eigenvalue weighted by Gasteiger charge is 2.06. The molecule has 4 heteroatoms. The summed E-state index contributed by atoms with van der Waals surface area (Å²) in [6.45, 7) is 0. The Morgan fingerprint density at radius 3 is 2.86 bits per heavy atom. The Hall–Kier alpha value is -1.71. The van der Waals surface area contributed by atoms with Gasteiger partial charge in [-0.25, -0.2) is 4.98 Å². The highest BCUT2D eigenvalue weighted by Crippen LogP contribution is 2.22. The summed E-state index contributed by atoms with van der Waals surface area (Å²) in [7, 11) is 5.50. The van der Waals surface area contributed by atoms with Crippen molar-refractivity contribution in [3.63, 3.8) is 0 Å². The number of nitrogens with zero attached hydrogens (tertiary/aromatic N) is 2. The van der Waals surface area contributed by atoms with Crippen molar-refractivity contribution in [2.75, 3.05) is 19.5 Å². The first-order valence-electron chi connectivity index (χ1n) is 4.44. The maximum Gasteiger partial charge on any atom is 0.203 e. The molecule has 0 fully saturated rings. The van der Waals surface area contributed by atoms with Crippen molar-refractivity contribution in [3.05, 3.63) is 18.2 Å². The number of aromatic nitrogens is 2. The summed E-state index contributed by atoms with van der Waals surface area (Å²) >= 11 is 0. The highest BCUT2D eigenvalue weighted by atomic mass is 16.5. The third-order valence-corrected chi connectivity index (χ3v) is 2.31. The van der Waals surface area contributed by atoms with Crippen LogP contribution in [0.15, 0.2) is 18.2 Å². The van der Waals surface area contributed by atoms with Crippen LogP contribution < -0.4 is 10.1 Å². The monoisotopic (exact) mass is 191 g/mol. The first kappa shape index (κ1) is 8.87. The number of ether oxygens (including phenoxy) is 1. The lowest BCUT2D eigenvalue weighted by Crippen LogP contribution is -1.97. The Bertz CT molecular complexity index is 462. The fourth-order valence-corrected chi connectivity index (χ4v) is 1.53. The van der Waals surface area contributed by atoms with Crippen molar-refractivity contribution < 1.29 is 4.74 Å². The van der Waals surface area contributed by atoms with Gasteiger partial charge in [-0.1, -0.05) is 0 Å². The molecule has 0 radical (unpaired) electrons. The fourth-order valence-electron chi connectivity index (χ4n) is 1.53. The molecule has 0 unspecified atom stereocenters. The van der Waals surface area contributed by atoms with Gasteiger partial charge in [-0.2, -0.15) is 0 Å². The predicted molar refractivity (Wildman–Crippen MR) is 56.8 cm³/mol. The molecule has 0 saturated heterocycles. The number of rotatable bonds is 2. The molecule has 0 aliphatic rings. The zero-order valence-corrected chi connectivity index (χ0v) is 8.53. The van der Waals surface area contributed by atoms with E-state index in [0.717, 1.165) is 22.7 Å². The first-order valence-corrected chi connectivity index (χ1v) is 4.44. The number of hydrogen-bond donors (Lipinski definition) is 1. The molecule has 2 rings (SSSR count). The van der Waals surface area contributed by atoms with Gasteiger partial charge < -0.3 is 14.6 Å². The quantitative estimate of drug-likeness (QED) is 0.784. The molecule has 4 nitrogen and oxygen atoms in total. The molecule has 14 heavy (non-hydrogen) atoms. The minimum Gasteiger partial charge on any atom is -0.497 e. The summed E-state index contributed by atoms with van der Waals surface area (Å²) in [5.74, 6) is 1.69. The Kier molecular flexibility index (Phi) is 2.04. The Balaban J connectivity index is 2.66. The van der Waals surface area contributed by atoms with E-state index in [-0.39, 0.29) is 0 Å². The number of methoxy groups -OCH3 is 1. The maximum atomic E-state index is 5.14. The van der Waals surface area contributed by atoms with Crippen LogP contribution in [0.4, 0.5) is 5.95 Å². The van der Waals surface area contributed by atoms with Crippen LogP contribution in [0.1, 0.15) is 0 Å². The molecule has 74 valence electrons. The lowest BCUT2D eigenvalue weighted by Gasteiger charge is -2.00. The van der Waals surface area contributed by atoms with E-state index in [0.29, 0.717) is 0 Å². The van der Waals surface area contributed by atoms with Gasteiger partial charge in [-0.05, 0) is 12.1 Å². The number of fused-ring (bicyclic) bond motifs is 1. The maximum absolute atomic E-state index is 5.14. The van der Waals surface area contributed by atoms with Crippen LogP contribution in [0, 0.1) is 0 Å². The lowest BCUT2D eigenvalue weighted by atomic mass is 10.3. The van der Waals surface area contributed by atoms with E-state index in [1.165, 1.54) is 0 Å². The summed E-state index contributed by atoms with van der Waals surface area (Å²) in [5.41, 5.74) is 2.03. The Morgan fingerprint density at radius 2 is 2.21 bits per heavy atom. The molecule has 0 aliphatic heterocycles. The average molecular weight is 191 g/mol. The van der Waals surface area contributed by atoms with E-state index in [2.05, 4.69) is 10.3 Å². The number of hydrogen-bond acceptors (Lipinski definition) is 3. The van der Waals surface area contributed by atoms with E-state index in [1.54, 1.807) is 7.11 Å². The number of nitrogens with one attached hydrogen (secondary N) is 1. The van der Waals surface area contributed by atoms with E-state index < -0.39 is 0 Å². The molecule has 0 saturated carbocycles. The van der Waals surface area contributed by atoms with Crippen molar-refractivity contribution in [3.8, 4) is 5.75 Å². The van der Waals surface area contributed by atoms with Crippen LogP contribution in [-0.2, 0) is 7.05 Å². The first-order chi connectivity index (χ1) is 6.76. The second kappa shape index (κ2) is 3.21. The van der Waals surface area contributed by atoms with E-state index in [4.69, 9.17) is 4.74 Å². The highest BCUT2D eigenvalue weighted by molar-refractivity contribution is 5.80. The van der Waals surface area contributed by atoms with Gasteiger partial charge in [0, 0.05) is 20.2 Å². The third kappa shape index (κ3) is 1.19. The van der Waals surface area contributed by atoms with Gasteiger partial charge in [0.2, 0.25) is 5.95 Å². The van der Waals surface area contributed by atoms with Gasteiger partial charge in [0.05, 0.1) is 18.1 Å². The molecular formula is C10H13N3O. The predicted octanol–water partition coefficient (Wildman–Crippen LogP) is 1.62. The van der Waals surface area contributed by atoms with Crippen LogP contribution >= 0.6 is 0 Å². The van der Waals surface area contributed by atoms with Gasteiger partial charge in [0.15, 0.2) is 0 Å². The largest absolute Gasteiger partial charge is 0.497 e. The zero-order valence-electron chi connectivity index (χ0n) is 8.53. The van der Waals surface area contributed by atoms with Gasteiger partial charge >= 0.3 is 0 Å². The van der Waals surface area contributed by atoms with Crippen LogP contribution in [0.5, 0.6) is 5.75 Å². The minimum absolute atomic E-state index is 0.832. The van der Waals surface area contributed by atoms with Crippen molar-refractivity contribution >= 4 is 17.0 Å². The second-order valence-corrected chi connectivity index (χ2v) is 3.10. The summed E-state index contributed by atoms with van der Waals surface area (Å²) in [5, 5.41) is 3.03. The standard InChI is InChI=1S/C10H13N3O/c1-11-10-12-8-6-7(14-3)4-5-9(8)13(10)2/h4-6H,1-3H3,(H,11,12). The second-order valence-electron chi connectivity index (χ2n) is 3.10. The van der Waals surface area contributed by atoms with Crippen LogP contribution in [0.3, 0.4) is 0 Å². The average Bonchev–Trinajstić information content (AvgIpc) is 2.55. The molecule has 0 amide bonds. The molecule has 0 atom stereocenters. The van der Waals surface area contributed by atoms with Crippen molar-refractivity contribution in [1.82, 2.24) is 9.55 Å². The normalized spacial score (nSPS) is 10.5. The molecule has 1 heterocycles. The van der Waals surface area contributed by atoms with Crippen molar-refractivity contribution in [2.45, 2.75) is 0 Å². The molecule has 0 spiro atoms. The zero-order chi connectivity index (χ0) is 10.1. The Labute approximate surface area is 82.5 Å². The van der Waals surface area contributed by atoms with Gasteiger partial charge in [-0.3, -0.25) is 0 Å². The minimum atomic E-state index is 0.832. The summed E-state index contributed by atoms with van der Waals surface area (Å²) in [4.78, 5) is 4.41. The van der Waals surface area contributed by atoms with Crippen molar-refractivity contribution in [2.24, 2.45) is 7.05 Å². The smallest absolute Gasteiger partial charge is 0.203 e. The molecule has 1 aromatic heterocycles. The number of benzene rings is 1.